The Hall–Kier alpha value is -0.500. The summed E-state index contributed by atoms with van der Waals surface area (Å²) in [5.41, 5.74) is 0. The first-order chi connectivity index (χ1) is 5.81. The molecule has 0 aliphatic carbocycles. The third-order valence-corrected chi connectivity index (χ3v) is 1.49. The second kappa shape index (κ2) is 8.60. The molecule has 3 heteroatoms. The molecule has 0 saturated carbocycles. The highest BCUT2D eigenvalue weighted by Crippen LogP contribution is 1.98. The van der Waals surface area contributed by atoms with E-state index in [0.29, 0.717) is 18.9 Å². The maximum Gasteiger partial charge on any atom is 0.305 e. The Morgan fingerprint density at radius 2 is 2.25 bits per heavy atom. The Labute approximate surface area is 78.5 Å². The normalized spacial score (nSPS) is 10.5. The number of carbonyl (C=O) groups excluding carboxylic acids is 1. The maximum absolute atomic E-state index is 10.8. The first-order valence-electron chi connectivity index (χ1n) is 4.17. The highest BCUT2D eigenvalue weighted by atomic mass is 35.5. The molecule has 0 aliphatic rings. The van der Waals surface area contributed by atoms with E-state index in [9.17, 15) is 4.79 Å². The van der Waals surface area contributed by atoms with Crippen LogP contribution in [0.5, 0.6) is 0 Å². The summed E-state index contributed by atoms with van der Waals surface area (Å²) in [5, 5.41) is 0. The molecule has 0 heterocycles. The third-order valence-electron chi connectivity index (χ3n) is 1.31. The topological polar surface area (TPSA) is 26.3 Å². The van der Waals surface area contributed by atoms with E-state index in [-0.39, 0.29) is 5.97 Å². The molecule has 0 saturated heterocycles. The number of allylic oxidation sites excluding steroid dienone is 2. The summed E-state index contributed by atoms with van der Waals surface area (Å²) in [6, 6.07) is 0. The molecule has 0 aromatic heterocycles. The van der Waals surface area contributed by atoms with E-state index in [1.54, 1.807) is 0 Å². The lowest BCUT2D eigenvalue weighted by molar-refractivity contribution is -0.143. The van der Waals surface area contributed by atoms with Gasteiger partial charge in [-0.2, -0.15) is 0 Å². The molecule has 0 bridgehead atoms. The molecular weight excluding hydrogens is 176 g/mol. The quantitative estimate of drug-likeness (QED) is 0.279. The predicted molar refractivity (Wildman–Crippen MR) is 50.3 cm³/mol. The van der Waals surface area contributed by atoms with Gasteiger partial charge in [-0.15, -0.1) is 11.6 Å². The van der Waals surface area contributed by atoms with Crippen molar-refractivity contribution < 1.29 is 9.53 Å². The van der Waals surface area contributed by atoms with Crippen LogP contribution in [0, 0.1) is 0 Å². The molecule has 70 valence electrons. The molecule has 0 unspecified atom stereocenters. The number of carbonyl (C=O) groups is 1. The van der Waals surface area contributed by atoms with Crippen molar-refractivity contribution in [1.29, 1.82) is 0 Å². The SMILES string of the molecule is CCOC(=O)CCC/C=C/CCl. The average molecular weight is 191 g/mol. The summed E-state index contributed by atoms with van der Waals surface area (Å²) in [5.74, 6) is 0.427. The number of unbranched alkanes of at least 4 members (excludes halogenated alkanes) is 1. The minimum atomic E-state index is -0.114. The van der Waals surface area contributed by atoms with Gasteiger partial charge in [0.1, 0.15) is 0 Å². The highest BCUT2D eigenvalue weighted by molar-refractivity contribution is 6.18. The van der Waals surface area contributed by atoms with Crippen LogP contribution >= 0.6 is 11.6 Å². The first-order valence-corrected chi connectivity index (χ1v) is 4.71. The van der Waals surface area contributed by atoms with Gasteiger partial charge in [0, 0.05) is 12.3 Å². The van der Waals surface area contributed by atoms with Crippen molar-refractivity contribution in [3.05, 3.63) is 12.2 Å². The summed E-state index contributed by atoms with van der Waals surface area (Å²) in [4.78, 5) is 10.8. The summed E-state index contributed by atoms with van der Waals surface area (Å²) in [6.07, 6.45) is 6.09. The molecule has 0 N–H and O–H groups in total. The van der Waals surface area contributed by atoms with Crippen molar-refractivity contribution >= 4 is 17.6 Å². The van der Waals surface area contributed by atoms with E-state index < -0.39 is 0 Å². The molecule has 0 rings (SSSR count). The van der Waals surface area contributed by atoms with Crippen LogP contribution < -0.4 is 0 Å². The smallest absolute Gasteiger partial charge is 0.305 e. The molecule has 0 aliphatic heterocycles. The van der Waals surface area contributed by atoms with E-state index in [4.69, 9.17) is 16.3 Å². The van der Waals surface area contributed by atoms with Crippen molar-refractivity contribution in [2.45, 2.75) is 26.2 Å². The Kier molecular flexibility index (Phi) is 8.24. The fraction of sp³-hybridized carbons (Fsp3) is 0.667. The number of halogens is 1. The highest BCUT2D eigenvalue weighted by Gasteiger charge is 1.98. The molecule has 0 fully saturated rings. The second-order valence-electron chi connectivity index (χ2n) is 2.32. The van der Waals surface area contributed by atoms with Gasteiger partial charge in [0.2, 0.25) is 0 Å². The minimum absolute atomic E-state index is 0.114. The van der Waals surface area contributed by atoms with E-state index in [2.05, 4.69) is 0 Å². The fourth-order valence-corrected chi connectivity index (χ4v) is 0.904. The average Bonchev–Trinajstić information content (AvgIpc) is 2.05. The van der Waals surface area contributed by atoms with Gasteiger partial charge in [-0.05, 0) is 19.8 Å². The van der Waals surface area contributed by atoms with Gasteiger partial charge in [0.15, 0.2) is 0 Å². The molecule has 12 heavy (non-hydrogen) atoms. The molecule has 0 spiro atoms. The van der Waals surface area contributed by atoms with Gasteiger partial charge in [-0.3, -0.25) is 4.79 Å². The Morgan fingerprint density at radius 1 is 1.50 bits per heavy atom. The lowest BCUT2D eigenvalue weighted by Crippen LogP contribution is -2.02. The van der Waals surface area contributed by atoms with Crippen molar-refractivity contribution in [2.75, 3.05) is 12.5 Å². The van der Waals surface area contributed by atoms with Gasteiger partial charge in [-0.25, -0.2) is 0 Å². The van der Waals surface area contributed by atoms with Crippen LogP contribution in [0.25, 0.3) is 0 Å². The third kappa shape index (κ3) is 7.61. The van der Waals surface area contributed by atoms with Crippen LogP contribution in [0.1, 0.15) is 26.2 Å². The van der Waals surface area contributed by atoms with Gasteiger partial charge >= 0.3 is 5.97 Å². The zero-order valence-electron chi connectivity index (χ0n) is 7.38. The Morgan fingerprint density at radius 3 is 2.83 bits per heavy atom. The van der Waals surface area contributed by atoms with Crippen molar-refractivity contribution in [2.24, 2.45) is 0 Å². The summed E-state index contributed by atoms with van der Waals surface area (Å²) in [7, 11) is 0. The number of hydrogen-bond donors (Lipinski definition) is 0. The maximum atomic E-state index is 10.8. The summed E-state index contributed by atoms with van der Waals surface area (Å²) in [6.45, 7) is 2.28. The van der Waals surface area contributed by atoms with Crippen molar-refractivity contribution in [3.8, 4) is 0 Å². The lowest BCUT2D eigenvalue weighted by atomic mass is 10.2. The molecule has 0 atom stereocenters. The van der Waals surface area contributed by atoms with E-state index >= 15 is 0 Å². The number of alkyl halides is 1. The number of rotatable bonds is 6. The van der Waals surface area contributed by atoms with Crippen LogP contribution in [0.2, 0.25) is 0 Å². The Bertz CT molecular complexity index is 143. The van der Waals surface area contributed by atoms with E-state index in [1.165, 1.54) is 0 Å². The van der Waals surface area contributed by atoms with Crippen LogP contribution in [0.3, 0.4) is 0 Å². The molecule has 0 aromatic carbocycles. The summed E-state index contributed by atoms with van der Waals surface area (Å²) >= 11 is 5.41. The van der Waals surface area contributed by atoms with Crippen LogP contribution in [-0.4, -0.2) is 18.5 Å². The first kappa shape index (κ1) is 11.5. The van der Waals surface area contributed by atoms with Crippen molar-refractivity contribution in [1.82, 2.24) is 0 Å². The van der Waals surface area contributed by atoms with E-state index in [0.717, 1.165) is 12.8 Å². The molecule has 0 amide bonds. The monoisotopic (exact) mass is 190 g/mol. The minimum Gasteiger partial charge on any atom is -0.466 e. The molecule has 0 radical (unpaired) electrons. The van der Waals surface area contributed by atoms with Crippen LogP contribution in [-0.2, 0) is 9.53 Å². The molecule has 0 aromatic rings. The van der Waals surface area contributed by atoms with Crippen LogP contribution in [0.15, 0.2) is 12.2 Å². The number of esters is 1. The van der Waals surface area contributed by atoms with E-state index in [1.807, 2.05) is 19.1 Å². The predicted octanol–water partition coefficient (Wildman–Crippen LogP) is 2.51. The molecule has 2 nitrogen and oxygen atoms in total. The Balaban J connectivity index is 3.19. The van der Waals surface area contributed by atoms with Gasteiger partial charge in [0.05, 0.1) is 6.61 Å². The fourth-order valence-electron chi connectivity index (χ4n) is 0.778. The summed E-state index contributed by atoms with van der Waals surface area (Å²) < 4.78 is 4.76. The van der Waals surface area contributed by atoms with Gasteiger partial charge in [-0.1, -0.05) is 12.2 Å². The zero-order chi connectivity index (χ0) is 9.23. The van der Waals surface area contributed by atoms with Gasteiger partial charge in [0.25, 0.3) is 0 Å². The van der Waals surface area contributed by atoms with Crippen molar-refractivity contribution in [3.63, 3.8) is 0 Å². The lowest BCUT2D eigenvalue weighted by Gasteiger charge is -1.98. The molecular formula is C9H15ClO2. The van der Waals surface area contributed by atoms with Gasteiger partial charge < -0.3 is 4.74 Å². The number of hydrogen-bond acceptors (Lipinski definition) is 2. The zero-order valence-corrected chi connectivity index (χ0v) is 8.14. The standard InChI is InChI=1S/C9H15ClO2/c1-2-12-9(11)7-5-3-4-6-8-10/h4,6H,2-3,5,7-8H2,1H3/b6-4+. The second-order valence-corrected chi connectivity index (χ2v) is 2.63. The van der Waals surface area contributed by atoms with Crippen LogP contribution in [0.4, 0.5) is 0 Å². The number of ether oxygens (including phenoxy) is 1. The largest absolute Gasteiger partial charge is 0.466 e.